The second kappa shape index (κ2) is 2.12. The lowest BCUT2D eigenvalue weighted by atomic mass is 9.96. The molecule has 0 aromatic heterocycles. The third-order valence-electron chi connectivity index (χ3n) is 3.61. The Morgan fingerprint density at radius 3 is 2.75 bits per heavy atom. The Bertz CT molecular complexity index is 269. The topological polar surface area (TPSA) is 32.6 Å². The summed E-state index contributed by atoms with van der Waals surface area (Å²) in [7, 11) is 0. The largest absolute Gasteiger partial charge is 0.411 e. The standard InChI is InChI=1S/C10H15NO/c1-6(2)7-4-9(11-12)10(3)5-8(7)10/h7-8,12H,1,4-5H2,2-3H3/b11-9+/t7-,8-,10-/m0/s1. The van der Waals surface area contributed by atoms with Crippen LogP contribution in [0.4, 0.5) is 0 Å². The molecule has 0 aromatic carbocycles. The highest BCUT2D eigenvalue weighted by Gasteiger charge is 2.62. The molecule has 2 rings (SSSR count). The summed E-state index contributed by atoms with van der Waals surface area (Å²) in [5, 5.41) is 12.2. The zero-order valence-electron chi connectivity index (χ0n) is 7.67. The second-order valence-corrected chi connectivity index (χ2v) is 4.43. The van der Waals surface area contributed by atoms with E-state index >= 15 is 0 Å². The number of oxime groups is 1. The minimum absolute atomic E-state index is 0.221. The van der Waals surface area contributed by atoms with E-state index < -0.39 is 0 Å². The molecule has 1 N–H and O–H groups in total. The van der Waals surface area contributed by atoms with Crippen LogP contribution < -0.4 is 0 Å². The van der Waals surface area contributed by atoms with E-state index in [1.54, 1.807) is 0 Å². The van der Waals surface area contributed by atoms with E-state index in [1.807, 2.05) is 0 Å². The first-order valence-corrected chi connectivity index (χ1v) is 4.46. The molecule has 2 aliphatic rings. The number of fused-ring (bicyclic) bond motifs is 1. The quantitative estimate of drug-likeness (QED) is 0.361. The molecule has 0 aliphatic heterocycles. The molecular formula is C10H15NO. The van der Waals surface area contributed by atoms with Crippen LogP contribution in [0.3, 0.4) is 0 Å². The van der Waals surface area contributed by atoms with Crippen molar-refractivity contribution in [2.45, 2.75) is 26.7 Å². The van der Waals surface area contributed by atoms with Crippen LogP contribution in [0, 0.1) is 17.3 Å². The average molecular weight is 165 g/mol. The predicted octanol–water partition coefficient (Wildman–Crippen LogP) is 2.44. The van der Waals surface area contributed by atoms with Gasteiger partial charge in [0.1, 0.15) is 0 Å². The van der Waals surface area contributed by atoms with E-state index in [0.29, 0.717) is 11.8 Å². The first-order valence-electron chi connectivity index (χ1n) is 4.46. The van der Waals surface area contributed by atoms with Gasteiger partial charge in [-0.2, -0.15) is 0 Å². The summed E-state index contributed by atoms with van der Waals surface area (Å²) in [5.74, 6) is 1.28. The summed E-state index contributed by atoms with van der Waals surface area (Å²) in [4.78, 5) is 0. The molecule has 2 saturated carbocycles. The van der Waals surface area contributed by atoms with Crippen molar-refractivity contribution in [1.82, 2.24) is 0 Å². The van der Waals surface area contributed by atoms with Crippen molar-refractivity contribution in [1.29, 1.82) is 0 Å². The monoisotopic (exact) mass is 165 g/mol. The highest BCUT2D eigenvalue weighted by Crippen LogP contribution is 2.65. The molecule has 0 saturated heterocycles. The van der Waals surface area contributed by atoms with Gasteiger partial charge in [-0.25, -0.2) is 0 Å². The predicted molar refractivity (Wildman–Crippen MR) is 48.4 cm³/mol. The van der Waals surface area contributed by atoms with Crippen molar-refractivity contribution in [2.24, 2.45) is 22.4 Å². The van der Waals surface area contributed by atoms with E-state index in [2.05, 4.69) is 25.6 Å². The highest BCUT2D eigenvalue weighted by atomic mass is 16.4. The van der Waals surface area contributed by atoms with Gasteiger partial charge in [0.25, 0.3) is 0 Å². The molecule has 3 atom stereocenters. The summed E-state index contributed by atoms with van der Waals surface area (Å²) >= 11 is 0. The highest BCUT2D eigenvalue weighted by molar-refractivity contribution is 5.95. The van der Waals surface area contributed by atoms with Crippen LogP contribution in [0.1, 0.15) is 26.7 Å². The van der Waals surface area contributed by atoms with E-state index in [0.717, 1.165) is 12.1 Å². The molecule has 2 heteroatoms. The normalized spacial score (nSPS) is 47.7. The molecule has 0 spiro atoms. The molecule has 12 heavy (non-hydrogen) atoms. The van der Waals surface area contributed by atoms with Gasteiger partial charge in [-0.3, -0.25) is 0 Å². The maximum Gasteiger partial charge on any atom is 0.0638 e. The number of nitrogens with zero attached hydrogens (tertiary/aromatic N) is 1. The molecule has 2 fully saturated rings. The first-order chi connectivity index (χ1) is 5.59. The van der Waals surface area contributed by atoms with Gasteiger partial charge in [0, 0.05) is 5.41 Å². The Labute approximate surface area is 73.0 Å². The average Bonchev–Trinajstić information content (AvgIpc) is 2.57. The van der Waals surface area contributed by atoms with E-state index in [1.165, 1.54) is 12.0 Å². The van der Waals surface area contributed by atoms with Crippen LogP contribution in [0.15, 0.2) is 17.3 Å². The smallest absolute Gasteiger partial charge is 0.0638 e. The zero-order valence-corrected chi connectivity index (χ0v) is 7.67. The first kappa shape index (κ1) is 7.84. The molecule has 0 bridgehead atoms. The van der Waals surface area contributed by atoms with Gasteiger partial charge in [-0.1, -0.05) is 24.2 Å². The number of allylic oxidation sites excluding steroid dienone is 1. The number of hydrogen-bond acceptors (Lipinski definition) is 2. The SMILES string of the molecule is C=C(C)[C@@H]1C/C(=N\O)[C@@]2(C)C[C@@H]12. The molecule has 0 amide bonds. The Hall–Kier alpha value is -0.790. The maximum absolute atomic E-state index is 8.79. The third-order valence-corrected chi connectivity index (χ3v) is 3.61. The summed E-state index contributed by atoms with van der Waals surface area (Å²) in [6, 6.07) is 0. The van der Waals surface area contributed by atoms with Crippen molar-refractivity contribution >= 4 is 5.71 Å². The van der Waals surface area contributed by atoms with Gasteiger partial charge in [0.15, 0.2) is 0 Å². The van der Waals surface area contributed by atoms with Gasteiger partial charge >= 0.3 is 0 Å². The van der Waals surface area contributed by atoms with Crippen molar-refractivity contribution in [3.05, 3.63) is 12.2 Å². The molecule has 2 aliphatic carbocycles. The van der Waals surface area contributed by atoms with Crippen molar-refractivity contribution in [2.75, 3.05) is 0 Å². The fourth-order valence-corrected chi connectivity index (χ4v) is 2.57. The number of hydrogen-bond donors (Lipinski definition) is 1. The fourth-order valence-electron chi connectivity index (χ4n) is 2.57. The lowest BCUT2D eigenvalue weighted by Gasteiger charge is -2.09. The van der Waals surface area contributed by atoms with Crippen molar-refractivity contribution in [3.63, 3.8) is 0 Å². The van der Waals surface area contributed by atoms with Crippen LogP contribution in [-0.4, -0.2) is 10.9 Å². The summed E-state index contributed by atoms with van der Waals surface area (Å²) in [5.41, 5.74) is 2.45. The third kappa shape index (κ3) is 0.780. The van der Waals surface area contributed by atoms with Gasteiger partial charge < -0.3 is 5.21 Å². The Balaban J connectivity index is 2.25. The Kier molecular flexibility index (Phi) is 1.39. The van der Waals surface area contributed by atoms with Crippen LogP contribution in [-0.2, 0) is 0 Å². The molecular weight excluding hydrogens is 150 g/mol. The van der Waals surface area contributed by atoms with Crippen LogP contribution in [0.2, 0.25) is 0 Å². The molecule has 0 radical (unpaired) electrons. The van der Waals surface area contributed by atoms with E-state index in [4.69, 9.17) is 5.21 Å². The van der Waals surface area contributed by atoms with Gasteiger partial charge in [0.2, 0.25) is 0 Å². The van der Waals surface area contributed by atoms with Crippen LogP contribution in [0.25, 0.3) is 0 Å². The molecule has 0 unspecified atom stereocenters. The fraction of sp³-hybridized carbons (Fsp3) is 0.700. The molecule has 2 nitrogen and oxygen atoms in total. The minimum Gasteiger partial charge on any atom is -0.411 e. The van der Waals surface area contributed by atoms with Crippen LogP contribution >= 0.6 is 0 Å². The summed E-state index contributed by atoms with van der Waals surface area (Å²) in [6.07, 6.45) is 2.11. The molecule has 66 valence electrons. The van der Waals surface area contributed by atoms with E-state index in [9.17, 15) is 0 Å². The number of rotatable bonds is 1. The van der Waals surface area contributed by atoms with Crippen molar-refractivity contribution < 1.29 is 5.21 Å². The van der Waals surface area contributed by atoms with Crippen molar-refractivity contribution in [3.8, 4) is 0 Å². The lowest BCUT2D eigenvalue weighted by molar-refractivity contribution is 0.314. The van der Waals surface area contributed by atoms with E-state index in [-0.39, 0.29) is 5.41 Å². The summed E-state index contributed by atoms with van der Waals surface area (Å²) < 4.78 is 0. The minimum atomic E-state index is 0.221. The second-order valence-electron chi connectivity index (χ2n) is 4.43. The van der Waals surface area contributed by atoms with Crippen LogP contribution in [0.5, 0.6) is 0 Å². The Morgan fingerprint density at radius 2 is 2.42 bits per heavy atom. The lowest BCUT2D eigenvalue weighted by Crippen LogP contribution is -2.08. The molecule has 0 aromatic rings. The molecule has 0 heterocycles. The zero-order chi connectivity index (χ0) is 8.93. The van der Waals surface area contributed by atoms with Gasteiger partial charge in [-0.05, 0) is 31.6 Å². The van der Waals surface area contributed by atoms with Gasteiger partial charge in [-0.15, -0.1) is 0 Å². The Morgan fingerprint density at radius 1 is 1.75 bits per heavy atom. The van der Waals surface area contributed by atoms with Gasteiger partial charge in [0.05, 0.1) is 5.71 Å². The summed E-state index contributed by atoms with van der Waals surface area (Å²) in [6.45, 7) is 8.24. The maximum atomic E-state index is 8.79.